The van der Waals surface area contributed by atoms with Gasteiger partial charge in [-0.25, -0.2) is 0 Å². The number of carbonyl (C=O) groups excluding carboxylic acids is 2. The summed E-state index contributed by atoms with van der Waals surface area (Å²) in [6.07, 6.45) is 1.73. The van der Waals surface area contributed by atoms with Crippen LogP contribution in [0.15, 0.2) is 78.9 Å². The van der Waals surface area contributed by atoms with Crippen LogP contribution in [-0.2, 0) is 16.0 Å². The Morgan fingerprint density at radius 1 is 1.00 bits per heavy atom. The van der Waals surface area contributed by atoms with Crippen LogP contribution in [0.4, 0.5) is 11.4 Å². The first-order valence-corrected chi connectivity index (χ1v) is 10.8. The molecule has 4 rings (SSSR count). The molecule has 0 fully saturated rings. The Labute approximate surface area is 187 Å². The quantitative estimate of drug-likeness (QED) is 0.509. The molecule has 0 aromatic heterocycles. The highest BCUT2D eigenvalue weighted by Crippen LogP contribution is 2.34. The van der Waals surface area contributed by atoms with Crippen molar-refractivity contribution in [3.8, 4) is 11.5 Å². The number of benzene rings is 3. The topological polar surface area (TPSA) is 67.9 Å². The van der Waals surface area contributed by atoms with Gasteiger partial charge in [-0.05, 0) is 48.7 Å². The molecular weight excluding hydrogens is 404 g/mol. The van der Waals surface area contributed by atoms with E-state index in [1.165, 1.54) is 0 Å². The van der Waals surface area contributed by atoms with E-state index < -0.39 is 0 Å². The van der Waals surface area contributed by atoms with Gasteiger partial charge in [-0.15, -0.1) is 0 Å². The Morgan fingerprint density at radius 2 is 1.75 bits per heavy atom. The van der Waals surface area contributed by atoms with Crippen molar-refractivity contribution < 1.29 is 19.1 Å². The highest BCUT2D eigenvalue weighted by molar-refractivity contribution is 5.99. The predicted octanol–water partition coefficient (Wildman–Crippen LogP) is 4.45. The van der Waals surface area contributed by atoms with Gasteiger partial charge in [-0.1, -0.05) is 48.5 Å². The number of aryl methyl sites for hydroxylation is 1. The molecular formula is C26H26N2O4. The van der Waals surface area contributed by atoms with Crippen molar-refractivity contribution in [3.63, 3.8) is 0 Å². The van der Waals surface area contributed by atoms with Gasteiger partial charge in [0, 0.05) is 18.7 Å². The minimum atomic E-state index is -0.107. The van der Waals surface area contributed by atoms with E-state index >= 15 is 0 Å². The minimum Gasteiger partial charge on any atom is -0.494 e. The molecule has 0 saturated heterocycles. The summed E-state index contributed by atoms with van der Waals surface area (Å²) in [4.78, 5) is 26.6. The zero-order chi connectivity index (χ0) is 22.2. The van der Waals surface area contributed by atoms with Gasteiger partial charge < -0.3 is 19.7 Å². The fourth-order valence-corrected chi connectivity index (χ4v) is 3.58. The van der Waals surface area contributed by atoms with Crippen molar-refractivity contribution in [1.82, 2.24) is 0 Å². The van der Waals surface area contributed by atoms with Crippen molar-refractivity contribution in [2.75, 3.05) is 30.0 Å². The predicted molar refractivity (Wildman–Crippen MR) is 124 cm³/mol. The molecule has 6 heteroatoms. The molecule has 1 heterocycles. The van der Waals surface area contributed by atoms with Crippen LogP contribution < -0.4 is 19.7 Å². The van der Waals surface area contributed by atoms with Gasteiger partial charge in [0.25, 0.3) is 5.91 Å². The maximum absolute atomic E-state index is 12.5. The van der Waals surface area contributed by atoms with E-state index in [0.717, 1.165) is 11.3 Å². The van der Waals surface area contributed by atoms with Crippen molar-refractivity contribution in [3.05, 3.63) is 84.4 Å². The molecule has 0 saturated carbocycles. The molecule has 1 aliphatic rings. The van der Waals surface area contributed by atoms with Gasteiger partial charge in [0.15, 0.2) is 6.61 Å². The monoisotopic (exact) mass is 430 g/mol. The van der Waals surface area contributed by atoms with Crippen LogP contribution in [0.3, 0.4) is 0 Å². The van der Waals surface area contributed by atoms with Crippen molar-refractivity contribution in [1.29, 1.82) is 0 Å². The van der Waals surface area contributed by atoms with Gasteiger partial charge in [-0.2, -0.15) is 0 Å². The number of amides is 2. The van der Waals surface area contributed by atoms with Crippen molar-refractivity contribution >= 4 is 23.2 Å². The van der Waals surface area contributed by atoms with Gasteiger partial charge in [0.2, 0.25) is 5.91 Å². The fourth-order valence-electron chi connectivity index (χ4n) is 3.58. The number of anilines is 2. The number of hydrogen-bond acceptors (Lipinski definition) is 4. The summed E-state index contributed by atoms with van der Waals surface area (Å²) in [7, 11) is 0. The minimum absolute atomic E-state index is 0.00925. The highest BCUT2D eigenvalue weighted by atomic mass is 16.5. The molecule has 164 valence electrons. The second-order valence-electron chi connectivity index (χ2n) is 7.57. The number of carbonyl (C=O) groups is 2. The average molecular weight is 431 g/mol. The first-order chi connectivity index (χ1) is 15.7. The Hall–Kier alpha value is -3.80. The largest absolute Gasteiger partial charge is 0.494 e. The SMILES string of the molecule is O=C(CCc1ccccc1)Nc1ccc2c(c1)N(CCCOc1ccccc1)C(=O)CO2. The van der Waals surface area contributed by atoms with Crippen LogP contribution >= 0.6 is 0 Å². The van der Waals surface area contributed by atoms with E-state index in [1.54, 1.807) is 23.1 Å². The molecule has 0 radical (unpaired) electrons. The number of rotatable bonds is 9. The molecule has 0 atom stereocenters. The molecule has 2 amide bonds. The molecule has 3 aromatic carbocycles. The van der Waals surface area contributed by atoms with Crippen LogP contribution in [0.25, 0.3) is 0 Å². The summed E-state index contributed by atoms with van der Waals surface area (Å²) in [5, 5.41) is 2.93. The van der Waals surface area contributed by atoms with E-state index in [-0.39, 0.29) is 18.4 Å². The van der Waals surface area contributed by atoms with Gasteiger partial charge in [0.05, 0.1) is 12.3 Å². The molecule has 32 heavy (non-hydrogen) atoms. The summed E-state index contributed by atoms with van der Waals surface area (Å²) in [5.74, 6) is 1.27. The highest BCUT2D eigenvalue weighted by Gasteiger charge is 2.25. The second-order valence-corrected chi connectivity index (χ2v) is 7.57. The molecule has 3 aromatic rings. The van der Waals surface area contributed by atoms with E-state index in [0.29, 0.717) is 49.5 Å². The zero-order valence-corrected chi connectivity index (χ0v) is 17.8. The van der Waals surface area contributed by atoms with Crippen molar-refractivity contribution in [2.45, 2.75) is 19.3 Å². The van der Waals surface area contributed by atoms with Crippen LogP contribution in [0, 0.1) is 0 Å². The summed E-state index contributed by atoms with van der Waals surface area (Å²) in [6, 6.07) is 24.9. The summed E-state index contributed by atoms with van der Waals surface area (Å²) < 4.78 is 11.3. The Bertz CT molecular complexity index is 1050. The van der Waals surface area contributed by atoms with Crippen LogP contribution in [0.1, 0.15) is 18.4 Å². The standard InChI is InChI=1S/C26H26N2O4/c29-25(15-12-20-8-3-1-4-9-20)27-21-13-14-24-23(18-21)28(26(30)19-32-24)16-7-17-31-22-10-5-2-6-11-22/h1-6,8-11,13-14,18H,7,12,15-17,19H2,(H,27,29). The molecule has 6 nitrogen and oxygen atoms in total. The molecule has 0 unspecified atom stereocenters. The average Bonchev–Trinajstić information content (AvgIpc) is 2.83. The lowest BCUT2D eigenvalue weighted by molar-refractivity contribution is -0.121. The van der Waals surface area contributed by atoms with Gasteiger partial charge in [0.1, 0.15) is 11.5 Å². The second kappa shape index (κ2) is 10.5. The van der Waals surface area contributed by atoms with Crippen LogP contribution in [-0.4, -0.2) is 31.6 Å². The first-order valence-electron chi connectivity index (χ1n) is 10.8. The maximum Gasteiger partial charge on any atom is 0.265 e. The summed E-state index contributed by atoms with van der Waals surface area (Å²) in [6.45, 7) is 1.02. The normalized spacial score (nSPS) is 12.6. The lowest BCUT2D eigenvalue weighted by Crippen LogP contribution is -2.39. The van der Waals surface area contributed by atoms with Crippen LogP contribution in [0.5, 0.6) is 11.5 Å². The van der Waals surface area contributed by atoms with Gasteiger partial charge in [-0.3, -0.25) is 9.59 Å². The summed E-state index contributed by atoms with van der Waals surface area (Å²) >= 11 is 0. The lowest BCUT2D eigenvalue weighted by atomic mass is 10.1. The summed E-state index contributed by atoms with van der Waals surface area (Å²) in [5.41, 5.74) is 2.43. The Balaban J connectivity index is 1.35. The number of hydrogen-bond donors (Lipinski definition) is 1. The van der Waals surface area contributed by atoms with Crippen LogP contribution in [0.2, 0.25) is 0 Å². The third-order valence-electron chi connectivity index (χ3n) is 5.21. The zero-order valence-electron chi connectivity index (χ0n) is 17.8. The Morgan fingerprint density at radius 3 is 2.53 bits per heavy atom. The lowest BCUT2D eigenvalue weighted by Gasteiger charge is -2.30. The first kappa shape index (κ1) is 21.4. The van der Waals surface area contributed by atoms with Crippen molar-refractivity contribution in [2.24, 2.45) is 0 Å². The number of para-hydroxylation sites is 1. The molecule has 0 aliphatic carbocycles. The van der Waals surface area contributed by atoms with Gasteiger partial charge >= 0.3 is 0 Å². The number of nitrogens with one attached hydrogen (secondary N) is 1. The molecule has 1 aliphatic heterocycles. The smallest absolute Gasteiger partial charge is 0.265 e. The maximum atomic E-state index is 12.5. The molecule has 0 bridgehead atoms. The fraction of sp³-hybridized carbons (Fsp3) is 0.231. The number of nitrogens with zero attached hydrogens (tertiary/aromatic N) is 1. The third-order valence-corrected chi connectivity index (χ3v) is 5.21. The molecule has 0 spiro atoms. The van der Waals surface area contributed by atoms with E-state index in [4.69, 9.17) is 9.47 Å². The van der Waals surface area contributed by atoms with E-state index in [1.807, 2.05) is 60.7 Å². The Kier molecular flexibility index (Phi) is 7.02. The number of ether oxygens (including phenoxy) is 2. The third kappa shape index (κ3) is 5.66. The van der Waals surface area contributed by atoms with E-state index in [9.17, 15) is 9.59 Å². The molecule has 1 N–H and O–H groups in total. The number of fused-ring (bicyclic) bond motifs is 1. The van der Waals surface area contributed by atoms with E-state index in [2.05, 4.69) is 5.32 Å².